The third-order valence-corrected chi connectivity index (χ3v) is 0.203. The summed E-state index contributed by atoms with van der Waals surface area (Å²) in [5, 5.41) is 5.28. The number of nitrogens with zero attached hydrogens (tertiary/aromatic N) is 2. The second-order valence-corrected chi connectivity index (χ2v) is 0.659. The Labute approximate surface area is 39.2 Å². The van der Waals surface area contributed by atoms with E-state index in [2.05, 4.69) is 16.0 Å². The third-order valence-electron chi connectivity index (χ3n) is 0.203. The molecule has 0 saturated heterocycles. The molecule has 0 atom stereocenters. The molecule has 0 aromatic carbocycles. The summed E-state index contributed by atoms with van der Waals surface area (Å²) in [4.78, 5) is 18.8. The van der Waals surface area contributed by atoms with Crippen LogP contribution in [0.2, 0.25) is 0 Å². The highest BCUT2D eigenvalue weighted by atomic mass is 16.2. The normalized spacial score (nSPS) is 9.14. The Balaban J connectivity index is 3.46. The van der Waals surface area contributed by atoms with Crippen LogP contribution in [-0.4, -0.2) is 12.4 Å². The maximum absolute atomic E-state index is 9.56. The van der Waals surface area contributed by atoms with Crippen LogP contribution in [0.3, 0.4) is 0 Å². The minimum Gasteiger partial charge on any atom is -0.348 e. The van der Waals surface area contributed by atoms with Crippen LogP contribution in [0.15, 0.2) is 10.2 Å². The first-order valence-electron chi connectivity index (χ1n) is 1.41. The summed E-state index contributed by atoms with van der Waals surface area (Å²) < 4.78 is 0. The van der Waals surface area contributed by atoms with Gasteiger partial charge >= 0.3 is 6.03 Å². The summed E-state index contributed by atoms with van der Waals surface area (Å²) in [6.07, 6.45) is 0.130. The predicted octanol–water partition coefficient (Wildman–Crippen LogP) is -0.326. The number of hydrogen-bond acceptors (Lipinski definition) is 2. The lowest BCUT2D eigenvalue weighted by molar-refractivity contribution is -0.107. The molecule has 0 heterocycles. The topological polar surface area (TPSA) is 84.9 Å². The summed E-state index contributed by atoms with van der Waals surface area (Å²) in [5.41, 5.74) is 4.42. The van der Waals surface area contributed by atoms with Crippen LogP contribution in [0.5, 0.6) is 0 Å². The number of azo groups is 1. The lowest BCUT2D eigenvalue weighted by atomic mass is 11.2. The number of amides is 3. The van der Waals surface area contributed by atoms with E-state index in [9.17, 15) is 9.59 Å². The first kappa shape index (κ1) is 5.74. The Hall–Kier alpha value is -1.26. The van der Waals surface area contributed by atoms with Gasteiger partial charge in [0.2, 0.25) is 0 Å². The molecule has 0 unspecified atom stereocenters. The molecule has 0 bridgehead atoms. The largest absolute Gasteiger partial charge is 0.357 e. The zero-order valence-corrected chi connectivity index (χ0v) is 3.37. The Bertz CT molecular complexity index is 108. The highest BCUT2D eigenvalue weighted by Gasteiger charge is 1.78. The van der Waals surface area contributed by atoms with Crippen molar-refractivity contribution in [3.8, 4) is 0 Å². The molecular weight excluding hydrogens is 98.0 g/mol. The highest BCUT2D eigenvalue weighted by molar-refractivity contribution is 5.72. The molecule has 0 aliphatic heterocycles. The molecule has 0 fully saturated rings. The zero-order chi connectivity index (χ0) is 5.70. The Morgan fingerprint density at radius 2 is 2.29 bits per heavy atom. The van der Waals surface area contributed by atoms with E-state index in [1.807, 2.05) is 0 Å². The third kappa shape index (κ3) is 4.74. The number of urea groups is 1. The fourth-order valence-electron chi connectivity index (χ4n) is 0.0805. The first-order chi connectivity index (χ1) is 3.27. The maximum atomic E-state index is 9.56. The maximum Gasteiger partial charge on any atom is 0.357 e. The number of carbonyl (C=O) groups excluding carboxylic acids is 2. The number of nitrogens with two attached hydrogens (primary N) is 1. The van der Waals surface area contributed by atoms with Crippen molar-refractivity contribution in [2.45, 2.75) is 0 Å². The Kier molecular flexibility index (Phi) is 2.42. The van der Waals surface area contributed by atoms with Gasteiger partial charge < -0.3 is 5.73 Å². The van der Waals surface area contributed by atoms with Gasteiger partial charge in [0.05, 0.1) is 0 Å². The van der Waals surface area contributed by atoms with Gasteiger partial charge in [0.25, 0.3) is 6.41 Å². The van der Waals surface area contributed by atoms with Crippen molar-refractivity contribution in [1.82, 2.24) is 0 Å². The Morgan fingerprint density at radius 3 is 2.43 bits per heavy atom. The van der Waals surface area contributed by atoms with Gasteiger partial charge in [0, 0.05) is 0 Å². The predicted molar refractivity (Wildman–Crippen MR) is 20.5 cm³/mol. The van der Waals surface area contributed by atoms with E-state index in [4.69, 9.17) is 0 Å². The van der Waals surface area contributed by atoms with E-state index in [-0.39, 0.29) is 6.41 Å². The van der Waals surface area contributed by atoms with Gasteiger partial charge in [-0.05, 0) is 0 Å². The highest BCUT2D eigenvalue weighted by Crippen LogP contribution is 1.65. The van der Waals surface area contributed by atoms with Crippen molar-refractivity contribution in [3.05, 3.63) is 0 Å². The summed E-state index contributed by atoms with van der Waals surface area (Å²) in [5.74, 6) is 0. The number of rotatable bonds is 1. The van der Waals surface area contributed by atoms with Crippen LogP contribution in [0.4, 0.5) is 4.79 Å². The van der Waals surface area contributed by atoms with Crippen molar-refractivity contribution in [3.63, 3.8) is 0 Å². The second-order valence-electron chi connectivity index (χ2n) is 0.659. The van der Waals surface area contributed by atoms with E-state index < -0.39 is 6.03 Å². The molecule has 7 heavy (non-hydrogen) atoms. The van der Waals surface area contributed by atoms with Gasteiger partial charge in [0.1, 0.15) is 0 Å². The quantitative estimate of drug-likeness (QED) is 0.362. The fraction of sp³-hybridized carbons (Fsp3) is 0. The molecular formula is C2H3N3O2. The minimum atomic E-state index is -0.966. The van der Waals surface area contributed by atoms with Crippen molar-refractivity contribution in [2.24, 2.45) is 16.0 Å². The average molecular weight is 101 g/mol. The van der Waals surface area contributed by atoms with E-state index in [0.717, 1.165) is 0 Å². The lowest BCUT2D eigenvalue weighted by Crippen LogP contribution is -2.02. The molecule has 38 valence electrons. The molecule has 2 N–H and O–H groups in total. The number of carbonyl (C=O) groups is 2. The molecule has 0 aliphatic rings. The average Bonchev–Trinajstić information content (AvgIpc) is 1.61. The van der Waals surface area contributed by atoms with Crippen LogP contribution in [0, 0.1) is 0 Å². The second kappa shape index (κ2) is 2.95. The van der Waals surface area contributed by atoms with E-state index in [0.29, 0.717) is 0 Å². The molecule has 0 rings (SSSR count). The molecule has 3 amide bonds. The summed E-state index contributed by atoms with van der Waals surface area (Å²) in [6, 6.07) is -0.966. The van der Waals surface area contributed by atoms with Gasteiger partial charge in [-0.15, -0.1) is 5.11 Å². The number of hydrogen-bond donors (Lipinski definition) is 1. The molecule has 0 spiro atoms. The first-order valence-corrected chi connectivity index (χ1v) is 1.41. The SMILES string of the molecule is NC(=O)N=NC=O. The Morgan fingerprint density at radius 1 is 1.71 bits per heavy atom. The summed E-state index contributed by atoms with van der Waals surface area (Å²) in [7, 11) is 0. The molecule has 0 saturated carbocycles. The van der Waals surface area contributed by atoms with Crippen molar-refractivity contribution in [1.29, 1.82) is 0 Å². The van der Waals surface area contributed by atoms with Crippen molar-refractivity contribution >= 4 is 12.4 Å². The molecule has 5 heteroatoms. The van der Waals surface area contributed by atoms with Gasteiger partial charge in [-0.2, -0.15) is 0 Å². The summed E-state index contributed by atoms with van der Waals surface area (Å²) in [6.45, 7) is 0. The van der Waals surface area contributed by atoms with Crippen LogP contribution < -0.4 is 5.73 Å². The smallest absolute Gasteiger partial charge is 0.348 e. The van der Waals surface area contributed by atoms with E-state index in [1.54, 1.807) is 0 Å². The molecule has 0 aliphatic carbocycles. The zero-order valence-electron chi connectivity index (χ0n) is 3.37. The monoisotopic (exact) mass is 101 g/mol. The minimum absolute atomic E-state index is 0.130. The van der Waals surface area contributed by atoms with Crippen molar-refractivity contribution in [2.75, 3.05) is 0 Å². The van der Waals surface area contributed by atoms with Crippen LogP contribution in [0.25, 0.3) is 0 Å². The van der Waals surface area contributed by atoms with E-state index >= 15 is 0 Å². The van der Waals surface area contributed by atoms with Crippen LogP contribution in [0.1, 0.15) is 0 Å². The van der Waals surface area contributed by atoms with Gasteiger partial charge in [-0.1, -0.05) is 5.11 Å². The van der Waals surface area contributed by atoms with Crippen LogP contribution in [-0.2, 0) is 4.79 Å². The standard InChI is InChI=1S/C2H3N3O2/c3-2(7)5-4-1-6/h1H,(H2,3,7). The van der Waals surface area contributed by atoms with Crippen LogP contribution >= 0.6 is 0 Å². The van der Waals surface area contributed by atoms with Gasteiger partial charge in [0.15, 0.2) is 0 Å². The molecule has 5 nitrogen and oxygen atoms in total. The lowest BCUT2D eigenvalue weighted by Gasteiger charge is -1.68. The van der Waals surface area contributed by atoms with E-state index in [1.165, 1.54) is 0 Å². The number of primary amides is 1. The molecule has 0 radical (unpaired) electrons. The van der Waals surface area contributed by atoms with Gasteiger partial charge in [-0.3, -0.25) is 4.79 Å². The molecule has 0 aromatic rings. The van der Waals surface area contributed by atoms with Gasteiger partial charge in [-0.25, -0.2) is 4.79 Å². The fourth-order valence-corrected chi connectivity index (χ4v) is 0.0805. The summed E-state index contributed by atoms with van der Waals surface area (Å²) >= 11 is 0. The van der Waals surface area contributed by atoms with Crippen molar-refractivity contribution < 1.29 is 9.59 Å². The molecule has 0 aromatic heterocycles.